The highest BCUT2D eigenvalue weighted by molar-refractivity contribution is 5.70. The van der Waals surface area contributed by atoms with Crippen molar-refractivity contribution in [3.63, 3.8) is 0 Å². The number of allylic oxidation sites excluding steroid dienone is 2. The Morgan fingerprint density at radius 1 is 0.974 bits per heavy atom. The van der Waals surface area contributed by atoms with Crippen molar-refractivity contribution in [1.82, 2.24) is 5.32 Å². The van der Waals surface area contributed by atoms with Crippen LogP contribution < -0.4 is 10.2 Å². The molecule has 0 fully saturated rings. The van der Waals surface area contributed by atoms with Gasteiger partial charge in [0, 0.05) is 19.2 Å². The number of rotatable bonds is 9. The number of benzene rings is 2. The van der Waals surface area contributed by atoms with Gasteiger partial charge in [0.1, 0.15) is 12.7 Å². The Balaban J connectivity index is 1.90. The molecule has 1 aliphatic rings. The Kier molecular flexibility index (Phi) is 9.28. The zero-order chi connectivity index (χ0) is 27.8. The van der Waals surface area contributed by atoms with Crippen LogP contribution in [-0.4, -0.2) is 37.1 Å². The highest BCUT2D eigenvalue weighted by atomic mass is 16.7. The first-order valence-electron chi connectivity index (χ1n) is 11.6. The zero-order valence-electron chi connectivity index (χ0n) is 21.6. The number of methoxy groups -OCH3 is 1. The fourth-order valence-corrected chi connectivity index (χ4v) is 3.56. The number of carbonyl (C=O) groups excluding carboxylic acids is 2. The Morgan fingerprint density at radius 3 is 2.18 bits per heavy atom. The molecule has 1 N–H and O–H groups in total. The van der Waals surface area contributed by atoms with Gasteiger partial charge in [-0.05, 0) is 39.3 Å². The van der Waals surface area contributed by atoms with Gasteiger partial charge in [-0.25, -0.2) is 14.5 Å². The maximum absolute atomic E-state index is 12.8. The first-order chi connectivity index (χ1) is 18.1. The lowest BCUT2D eigenvalue weighted by molar-refractivity contribution is -0.384. The summed E-state index contributed by atoms with van der Waals surface area (Å²) in [5.41, 5.74) is 1.47. The molecule has 0 saturated carbocycles. The van der Waals surface area contributed by atoms with E-state index in [4.69, 9.17) is 23.7 Å². The van der Waals surface area contributed by atoms with Crippen LogP contribution in [0.2, 0.25) is 0 Å². The number of nitrogens with zero attached hydrogens (tertiary/aromatic N) is 2. The van der Waals surface area contributed by atoms with Gasteiger partial charge < -0.3 is 29.0 Å². The molecule has 202 valence electrons. The maximum Gasteiger partial charge on any atom is 0.515 e. The summed E-state index contributed by atoms with van der Waals surface area (Å²) in [7, 11) is 1.49. The van der Waals surface area contributed by atoms with E-state index in [1.807, 2.05) is 30.3 Å². The maximum atomic E-state index is 12.8. The van der Waals surface area contributed by atoms with Gasteiger partial charge in [-0.1, -0.05) is 36.4 Å². The molecule has 38 heavy (non-hydrogen) atoms. The molecule has 2 aromatic carbocycles. The van der Waals surface area contributed by atoms with Crippen LogP contribution in [0.25, 0.3) is 0 Å². The Hall–Kier alpha value is -4.58. The summed E-state index contributed by atoms with van der Waals surface area (Å²) in [6.07, 6.45) is -3.09. The lowest BCUT2D eigenvalue weighted by Crippen LogP contribution is -2.38. The van der Waals surface area contributed by atoms with Gasteiger partial charge in [0.2, 0.25) is 11.8 Å². The van der Waals surface area contributed by atoms with Crippen LogP contribution in [0.3, 0.4) is 0 Å². The molecule has 12 heteroatoms. The normalized spacial score (nSPS) is 14.1. The Labute approximate surface area is 219 Å². The molecule has 0 radical (unpaired) electrons. The van der Waals surface area contributed by atoms with Crippen molar-refractivity contribution < 1.29 is 38.2 Å². The number of carbonyl (C=O) groups is 2. The highest BCUT2D eigenvalue weighted by Gasteiger charge is 2.33. The highest BCUT2D eigenvalue weighted by Crippen LogP contribution is 2.34. The largest absolute Gasteiger partial charge is 0.515 e. The fraction of sp³-hybridized carbons (Fsp3) is 0.308. The lowest BCUT2D eigenvalue weighted by Gasteiger charge is -2.33. The van der Waals surface area contributed by atoms with Crippen LogP contribution in [0.4, 0.5) is 21.0 Å². The van der Waals surface area contributed by atoms with Crippen LogP contribution in [-0.2, 0) is 23.7 Å². The van der Waals surface area contributed by atoms with Crippen LogP contribution >= 0.6 is 0 Å². The number of hydrogen-bond donors (Lipinski definition) is 1. The summed E-state index contributed by atoms with van der Waals surface area (Å²) < 4.78 is 26.8. The minimum absolute atomic E-state index is 0.108. The molecular weight excluding hydrogens is 498 g/mol. The predicted octanol–water partition coefficient (Wildman–Crippen LogP) is 5.48. The minimum Gasteiger partial charge on any atom is -0.431 e. The van der Waals surface area contributed by atoms with E-state index < -0.39 is 29.4 Å². The summed E-state index contributed by atoms with van der Waals surface area (Å²) in [5.74, 6) is -0.231. The molecule has 0 aliphatic carbocycles. The number of hydrogen-bond acceptors (Lipinski definition) is 11. The fourth-order valence-electron chi connectivity index (χ4n) is 3.56. The SMILES string of the molecule is COC(COC(=O)OC1=C(C)NC(C)=C(OC(=O)OC(C)C)N1c1cccc([N+](=O)[O-])c1)c1ccccc1. The molecule has 1 atom stereocenters. The van der Waals surface area contributed by atoms with E-state index >= 15 is 0 Å². The number of nitro benzene ring substituents is 1. The molecule has 1 heterocycles. The van der Waals surface area contributed by atoms with Crippen molar-refractivity contribution in [3.8, 4) is 0 Å². The molecule has 1 unspecified atom stereocenters. The Morgan fingerprint density at radius 2 is 1.61 bits per heavy atom. The average molecular weight is 528 g/mol. The molecular formula is C26H29N3O9. The van der Waals surface area contributed by atoms with Crippen LogP contribution in [0.1, 0.15) is 39.4 Å². The Bertz CT molecular complexity index is 1240. The van der Waals surface area contributed by atoms with E-state index in [0.29, 0.717) is 11.4 Å². The molecule has 0 spiro atoms. The number of nitrogens with one attached hydrogen (secondary N) is 1. The van der Waals surface area contributed by atoms with Gasteiger partial charge in [0.15, 0.2) is 0 Å². The van der Waals surface area contributed by atoms with Gasteiger partial charge >= 0.3 is 12.3 Å². The predicted molar refractivity (Wildman–Crippen MR) is 135 cm³/mol. The standard InChI is InChI=1S/C26H29N3O9/c1-16(2)36-26(31)38-24-18(4)27-17(3)23(28(24)20-12-9-13-21(14-20)29(32)33)37-25(30)35-15-22(34-5)19-10-7-6-8-11-19/h6-14,16,22,27H,15H2,1-5H3. The molecule has 2 aromatic rings. The van der Waals surface area contributed by atoms with E-state index in [1.165, 1.54) is 36.3 Å². The molecule has 3 rings (SSSR count). The van der Waals surface area contributed by atoms with Gasteiger partial charge in [-0.15, -0.1) is 0 Å². The molecule has 0 bridgehead atoms. The van der Waals surface area contributed by atoms with Crippen molar-refractivity contribution in [2.24, 2.45) is 0 Å². The second kappa shape index (κ2) is 12.6. The molecule has 12 nitrogen and oxygen atoms in total. The second-order valence-electron chi connectivity index (χ2n) is 8.41. The first kappa shape index (κ1) is 28.0. The van der Waals surface area contributed by atoms with Crippen molar-refractivity contribution in [2.75, 3.05) is 18.6 Å². The number of non-ortho nitro benzene ring substituents is 1. The molecule has 0 saturated heterocycles. The van der Waals surface area contributed by atoms with Gasteiger partial charge in [-0.3, -0.25) is 10.1 Å². The third-order valence-electron chi connectivity index (χ3n) is 5.22. The van der Waals surface area contributed by atoms with E-state index in [1.54, 1.807) is 27.7 Å². The molecule has 0 aromatic heterocycles. The van der Waals surface area contributed by atoms with Crippen molar-refractivity contribution >= 4 is 23.7 Å². The van der Waals surface area contributed by atoms with E-state index in [0.717, 1.165) is 5.56 Å². The van der Waals surface area contributed by atoms with Crippen LogP contribution in [0.5, 0.6) is 0 Å². The van der Waals surface area contributed by atoms with Crippen molar-refractivity contribution in [1.29, 1.82) is 0 Å². The van der Waals surface area contributed by atoms with Gasteiger partial charge in [-0.2, -0.15) is 0 Å². The lowest BCUT2D eigenvalue weighted by atomic mass is 10.1. The number of nitro groups is 1. The van der Waals surface area contributed by atoms with Crippen molar-refractivity contribution in [3.05, 3.63) is 93.4 Å². The number of anilines is 1. The quantitative estimate of drug-likeness (QED) is 0.252. The van der Waals surface area contributed by atoms with E-state index in [-0.39, 0.29) is 29.7 Å². The van der Waals surface area contributed by atoms with E-state index in [9.17, 15) is 19.7 Å². The molecule has 0 amide bonds. The summed E-state index contributed by atoms with van der Waals surface area (Å²) in [4.78, 5) is 37.2. The number of ether oxygens (including phenoxy) is 5. The van der Waals surface area contributed by atoms with Gasteiger partial charge in [0.25, 0.3) is 5.69 Å². The second-order valence-corrected chi connectivity index (χ2v) is 8.41. The summed E-state index contributed by atoms with van der Waals surface area (Å²) in [6, 6.07) is 14.7. The summed E-state index contributed by atoms with van der Waals surface area (Å²) in [5, 5.41) is 14.4. The van der Waals surface area contributed by atoms with Crippen molar-refractivity contribution in [2.45, 2.75) is 39.9 Å². The summed E-state index contributed by atoms with van der Waals surface area (Å²) >= 11 is 0. The van der Waals surface area contributed by atoms with Gasteiger partial charge in [0.05, 0.1) is 28.1 Å². The minimum atomic E-state index is -1.07. The topological polar surface area (TPSA) is 139 Å². The smallest absolute Gasteiger partial charge is 0.431 e. The van der Waals surface area contributed by atoms with Crippen LogP contribution in [0, 0.1) is 10.1 Å². The third kappa shape index (κ3) is 7.01. The zero-order valence-corrected chi connectivity index (χ0v) is 21.6. The monoisotopic (exact) mass is 527 g/mol. The average Bonchev–Trinajstić information content (AvgIpc) is 2.87. The first-order valence-corrected chi connectivity index (χ1v) is 11.6. The molecule has 1 aliphatic heterocycles. The summed E-state index contributed by atoms with van der Waals surface area (Å²) in [6.45, 7) is 6.38. The van der Waals surface area contributed by atoms with E-state index in [2.05, 4.69) is 5.32 Å². The van der Waals surface area contributed by atoms with Crippen LogP contribution in [0.15, 0.2) is 77.8 Å². The third-order valence-corrected chi connectivity index (χ3v) is 5.22.